The molecule has 0 radical (unpaired) electrons. The lowest BCUT2D eigenvalue weighted by molar-refractivity contribution is -0.385. The summed E-state index contributed by atoms with van der Waals surface area (Å²) in [6.07, 6.45) is 0. The van der Waals surface area contributed by atoms with Crippen LogP contribution in [-0.2, 0) is 0 Å². The minimum Gasteiger partial charge on any atom is -0.502 e. The predicted molar refractivity (Wildman–Crippen MR) is 81.4 cm³/mol. The van der Waals surface area contributed by atoms with Crippen molar-refractivity contribution < 1.29 is 10.0 Å². The fourth-order valence-electron chi connectivity index (χ4n) is 2.25. The molecule has 0 heterocycles. The average Bonchev–Trinajstić information content (AvgIpc) is 2.50. The summed E-state index contributed by atoms with van der Waals surface area (Å²) in [5, 5.41) is 20.5. The van der Waals surface area contributed by atoms with Gasteiger partial charge in [-0.3, -0.25) is 10.1 Å². The molecule has 6 nitrogen and oxygen atoms in total. The van der Waals surface area contributed by atoms with Crippen LogP contribution in [0.4, 0.5) is 11.4 Å². The highest BCUT2D eigenvalue weighted by Gasteiger charge is 2.21. The number of rotatable bonds is 5. The first-order valence-corrected chi connectivity index (χ1v) is 6.50. The molecular formula is C15H17N3O3. The highest BCUT2D eigenvalue weighted by Crippen LogP contribution is 2.31. The molecule has 21 heavy (non-hydrogen) atoms. The molecular weight excluding hydrogens is 270 g/mol. The third kappa shape index (κ3) is 3.11. The van der Waals surface area contributed by atoms with Crippen LogP contribution < -0.4 is 10.6 Å². The van der Waals surface area contributed by atoms with Gasteiger partial charge < -0.3 is 15.7 Å². The largest absolute Gasteiger partial charge is 0.502 e. The summed E-state index contributed by atoms with van der Waals surface area (Å²) in [7, 11) is 1.88. The molecule has 0 saturated carbocycles. The van der Waals surface area contributed by atoms with Crippen LogP contribution in [-0.4, -0.2) is 23.6 Å². The van der Waals surface area contributed by atoms with Gasteiger partial charge in [0.25, 0.3) is 0 Å². The maximum Gasteiger partial charge on any atom is 0.311 e. The molecule has 1 atom stereocenters. The number of hydrogen-bond acceptors (Lipinski definition) is 5. The van der Waals surface area contributed by atoms with Crippen LogP contribution in [0.5, 0.6) is 5.75 Å². The van der Waals surface area contributed by atoms with Crippen molar-refractivity contribution in [1.82, 2.24) is 0 Å². The Morgan fingerprint density at radius 3 is 2.52 bits per heavy atom. The van der Waals surface area contributed by atoms with Crippen LogP contribution in [0, 0.1) is 10.1 Å². The van der Waals surface area contributed by atoms with Gasteiger partial charge in [0.1, 0.15) is 0 Å². The van der Waals surface area contributed by atoms with Gasteiger partial charge in [0.2, 0.25) is 0 Å². The van der Waals surface area contributed by atoms with Crippen molar-refractivity contribution in [2.24, 2.45) is 5.73 Å². The van der Waals surface area contributed by atoms with E-state index in [0.29, 0.717) is 12.1 Å². The van der Waals surface area contributed by atoms with Gasteiger partial charge in [0, 0.05) is 25.3 Å². The molecule has 2 aromatic carbocycles. The highest BCUT2D eigenvalue weighted by molar-refractivity contribution is 5.52. The Morgan fingerprint density at radius 1 is 1.29 bits per heavy atom. The van der Waals surface area contributed by atoms with Crippen molar-refractivity contribution in [3.63, 3.8) is 0 Å². The average molecular weight is 287 g/mol. The molecule has 0 saturated heterocycles. The third-order valence-corrected chi connectivity index (χ3v) is 3.44. The third-order valence-electron chi connectivity index (χ3n) is 3.44. The van der Waals surface area contributed by atoms with Crippen molar-refractivity contribution in [3.8, 4) is 5.75 Å². The zero-order chi connectivity index (χ0) is 15.4. The molecule has 0 amide bonds. The maximum atomic E-state index is 10.9. The summed E-state index contributed by atoms with van der Waals surface area (Å²) in [5.41, 5.74) is 7.17. The van der Waals surface area contributed by atoms with Crippen molar-refractivity contribution in [1.29, 1.82) is 0 Å². The molecule has 1 unspecified atom stereocenters. The fourth-order valence-corrected chi connectivity index (χ4v) is 2.25. The van der Waals surface area contributed by atoms with Crippen LogP contribution in [0.25, 0.3) is 0 Å². The van der Waals surface area contributed by atoms with Crippen LogP contribution in [0.2, 0.25) is 0 Å². The van der Waals surface area contributed by atoms with Crippen molar-refractivity contribution >= 4 is 11.4 Å². The molecule has 6 heteroatoms. The fraction of sp³-hybridized carbons (Fsp3) is 0.200. The molecule has 0 aliphatic carbocycles. The number of nitrogens with zero attached hydrogens (tertiary/aromatic N) is 2. The molecule has 3 N–H and O–H groups in total. The monoisotopic (exact) mass is 287 g/mol. The van der Waals surface area contributed by atoms with Gasteiger partial charge in [-0.15, -0.1) is 0 Å². The summed E-state index contributed by atoms with van der Waals surface area (Å²) in [4.78, 5) is 12.3. The number of phenolic OH excluding ortho intramolecular Hbond substituents is 1. The number of aromatic hydroxyl groups is 1. The van der Waals surface area contributed by atoms with Crippen molar-refractivity contribution in [2.75, 3.05) is 18.5 Å². The molecule has 0 aliphatic rings. The predicted octanol–water partition coefficient (Wildman–Crippen LogP) is 2.44. The Morgan fingerprint density at radius 2 is 1.95 bits per heavy atom. The second-order valence-corrected chi connectivity index (χ2v) is 4.70. The lowest BCUT2D eigenvalue weighted by atomic mass is 10.0. The van der Waals surface area contributed by atoms with Gasteiger partial charge in [-0.1, -0.05) is 24.3 Å². The molecule has 110 valence electrons. The number of benzene rings is 2. The van der Waals surface area contributed by atoms with Gasteiger partial charge in [0.05, 0.1) is 11.0 Å². The SMILES string of the molecule is CN(c1ccccc1)C(CN)c1ccc(O)c([N+](=O)[O-])c1. The first-order chi connectivity index (χ1) is 10.0. The van der Waals surface area contributed by atoms with E-state index < -0.39 is 4.92 Å². The molecule has 0 spiro atoms. The number of anilines is 1. The number of nitrogens with two attached hydrogens (primary N) is 1. The Kier molecular flexibility index (Phi) is 4.39. The van der Waals surface area contributed by atoms with E-state index in [-0.39, 0.29) is 17.5 Å². The number of phenols is 1. The van der Waals surface area contributed by atoms with Gasteiger partial charge in [0.15, 0.2) is 5.75 Å². The van der Waals surface area contributed by atoms with E-state index in [1.165, 1.54) is 12.1 Å². The Hall–Kier alpha value is -2.60. The quantitative estimate of drug-likeness (QED) is 0.651. The van der Waals surface area contributed by atoms with E-state index in [1.54, 1.807) is 6.07 Å². The van der Waals surface area contributed by atoms with Crippen molar-refractivity contribution in [2.45, 2.75) is 6.04 Å². The van der Waals surface area contributed by atoms with Gasteiger partial charge in [-0.2, -0.15) is 0 Å². The van der Waals surface area contributed by atoms with E-state index in [0.717, 1.165) is 5.69 Å². The Labute approximate surface area is 122 Å². The van der Waals surface area contributed by atoms with Crippen LogP contribution >= 0.6 is 0 Å². The summed E-state index contributed by atoms with van der Waals surface area (Å²) < 4.78 is 0. The second-order valence-electron chi connectivity index (χ2n) is 4.70. The summed E-state index contributed by atoms with van der Waals surface area (Å²) in [6.45, 7) is 0.299. The van der Waals surface area contributed by atoms with Crippen LogP contribution in [0.3, 0.4) is 0 Å². The Bertz CT molecular complexity index is 631. The van der Waals surface area contributed by atoms with E-state index in [4.69, 9.17) is 5.73 Å². The van der Waals surface area contributed by atoms with Gasteiger partial charge in [-0.05, 0) is 23.8 Å². The van der Waals surface area contributed by atoms with Gasteiger partial charge in [-0.25, -0.2) is 0 Å². The number of nitro groups is 1. The lowest BCUT2D eigenvalue weighted by Gasteiger charge is -2.29. The zero-order valence-electron chi connectivity index (χ0n) is 11.6. The molecule has 0 bridgehead atoms. The topological polar surface area (TPSA) is 92.6 Å². The Balaban J connectivity index is 2.38. The standard InChI is InChI=1S/C15H17N3O3/c1-17(12-5-3-2-4-6-12)14(10-16)11-7-8-15(19)13(9-11)18(20)21/h2-9,14,19H,10,16H2,1H3. The first kappa shape index (κ1) is 14.8. The molecule has 0 aliphatic heterocycles. The minimum atomic E-state index is -0.602. The summed E-state index contributed by atoms with van der Waals surface area (Å²) in [6, 6.07) is 13.8. The number of likely N-dealkylation sites (N-methyl/N-ethyl adjacent to an activating group) is 1. The van der Waals surface area contributed by atoms with Crippen LogP contribution in [0.1, 0.15) is 11.6 Å². The molecule has 2 rings (SSSR count). The first-order valence-electron chi connectivity index (χ1n) is 6.50. The van der Waals surface area contributed by atoms with E-state index in [1.807, 2.05) is 42.3 Å². The van der Waals surface area contributed by atoms with E-state index >= 15 is 0 Å². The number of para-hydroxylation sites is 1. The van der Waals surface area contributed by atoms with Crippen LogP contribution in [0.15, 0.2) is 48.5 Å². The second kappa shape index (κ2) is 6.23. The summed E-state index contributed by atoms with van der Waals surface area (Å²) >= 11 is 0. The minimum absolute atomic E-state index is 0.216. The zero-order valence-corrected chi connectivity index (χ0v) is 11.6. The highest BCUT2D eigenvalue weighted by atomic mass is 16.6. The smallest absolute Gasteiger partial charge is 0.311 e. The lowest BCUT2D eigenvalue weighted by Crippen LogP contribution is -2.30. The van der Waals surface area contributed by atoms with Crippen molar-refractivity contribution in [3.05, 3.63) is 64.2 Å². The number of nitro benzene ring substituents is 1. The number of hydrogen-bond donors (Lipinski definition) is 2. The van der Waals surface area contributed by atoms with Gasteiger partial charge >= 0.3 is 5.69 Å². The molecule has 0 aromatic heterocycles. The maximum absolute atomic E-state index is 10.9. The van der Waals surface area contributed by atoms with E-state index in [2.05, 4.69) is 0 Å². The normalized spacial score (nSPS) is 11.9. The molecule has 0 fully saturated rings. The van der Waals surface area contributed by atoms with E-state index in [9.17, 15) is 15.2 Å². The summed E-state index contributed by atoms with van der Waals surface area (Å²) in [5.74, 6) is -0.345. The molecule has 2 aromatic rings.